The van der Waals surface area contributed by atoms with Crippen molar-refractivity contribution < 1.29 is 18.0 Å². The first-order chi connectivity index (χ1) is 18.2. The molecule has 0 unspecified atom stereocenters. The van der Waals surface area contributed by atoms with Crippen LogP contribution in [0, 0.1) is 5.92 Å². The Morgan fingerprint density at radius 1 is 1.05 bits per heavy atom. The Balaban J connectivity index is 1.28. The number of carbonyl (C=O) groups excluding carboxylic acids is 2. The maximum Gasteiger partial charge on any atom is 0.244 e. The van der Waals surface area contributed by atoms with Crippen molar-refractivity contribution in [1.82, 2.24) is 9.21 Å². The standard InChI is InChI=1S/C27H32BrClN4O4S/c1-2-26(34)33-10-8-19-15-23(28)25(17-24(19)33)38(36,37)32-9-4-5-20(18-32)27(35)31-13-11-30(12-14-31)22-7-3-6-21(29)16-22/h3,6-7,15-17,20H,2,4-5,8-14,18H2,1H3/t20-/m1/s1. The van der Waals surface area contributed by atoms with Crippen LogP contribution in [0.5, 0.6) is 0 Å². The first-order valence-corrected chi connectivity index (χ1v) is 15.7. The topological polar surface area (TPSA) is 81.2 Å². The molecule has 3 heterocycles. The van der Waals surface area contributed by atoms with Crippen LogP contribution in [-0.4, -0.2) is 75.3 Å². The van der Waals surface area contributed by atoms with Crippen LogP contribution in [0.3, 0.4) is 0 Å². The van der Waals surface area contributed by atoms with Crippen LogP contribution in [0.15, 0.2) is 45.8 Å². The van der Waals surface area contributed by atoms with Gasteiger partial charge >= 0.3 is 0 Å². The number of amides is 2. The highest BCUT2D eigenvalue weighted by Crippen LogP contribution is 2.38. The first kappa shape index (κ1) is 27.4. The zero-order valence-electron chi connectivity index (χ0n) is 21.4. The lowest BCUT2D eigenvalue weighted by atomic mass is 9.97. The molecule has 5 rings (SSSR count). The predicted molar refractivity (Wildman–Crippen MR) is 152 cm³/mol. The SMILES string of the molecule is CCC(=O)N1CCc2cc(Br)c(S(=O)(=O)N3CCC[C@@H](C(=O)N4CCN(c5cccc(Cl)c5)CC4)C3)cc21. The molecule has 38 heavy (non-hydrogen) atoms. The zero-order chi connectivity index (χ0) is 27.0. The molecule has 2 aromatic carbocycles. The van der Waals surface area contributed by atoms with Gasteiger partial charge < -0.3 is 14.7 Å². The molecule has 11 heteroatoms. The summed E-state index contributed by atoms with van der Waals surface area (Å²) in [7, 11) is -3.86. The lowest BCUT2D eigenvalue weighted by Gasteiger charge is -2.39. The second-order valence-electron chi connectivity index (χ2n) is 10.1. The molecular formula is C27H32BrClN4O4S. The van der Waals surface area contributed by atoms with Gasteiger partial charge in [0.25, 0.3) is 0 Å². The van der Waals surface area contributed by atoms with Gasteiger partial charge in [0.1, 0.15) is 0 Å². The van der Waals surface area contributed by atoms with Crippen LogP contribution in [0.2, 0.25) is 5.02 Å². The van der Waals surface area contributed by atoms with Crippen LogP contribution >= 0.6 is 27.5 Å². The number of carbonyl (C=O) groups is 2. The van der Waals surface area contributed by atoms with E-state index in [0.717, 1.165) is 11.3 Å². The smallest absolute Gasteiger partial charge is 0.244 e. The van der Waals surface area contributed by atoms with Gasteiger partial charge in [0, 0.05) is 73.1 Å². The molecule has 2 aromatic rings. The summed E-state index contributed by atoms with van der Waals surface area (Å²) >= 11 is 9.60. The van der Waals surface area contributed by atoms with E-state index in [1.54, 1.807) is 17.9 Å². The van der Waals surface area contributed by atoms with Crippen LogP contribution in [-0.2, 0) is 26.0 Å². The number of benzene rings is 2. The maximum absolute atomic E-state index is 13.8. The highest BCUT2D eigenvalue weighted by Gasteiger charge is 2.37. The minimum atomic E-state index is -3.86. The summed E-state index contributed by atoms with van der Waals surface area (Å²) in [6, 6.07) is 11.1. The molecule has 204 valence electrons. The molecule has 3 aliphatic rings. The zero-order valence-corrected chi connectivity index (χ0v) is 24.6. The van der Waals surface area contributed by atoms with E-state index in [0.29, 0.717) is 80.1 Å². The second-order valence-corrected chi connectivity index (χ2v) is 13.3. The fourth-order valence-corrected chi connectivity index (χ4v) is 8.43. The van der Waals surface area contributed by atoms with E-state index in [9.17, 15) is 18.0 Å². The third-order valence-electron chi connectivity index (χ3n) is 7.75. The minimum Gasteiger partial charge on any atom is -0.368 e. The quantitative estimate of drug-likeness (QED) is 0.500. The molecule has 2 saturated heterocycles. The van der Waals surface area contributed by atoms with Crippen molar-refractivity contribution in [2.24, 2.45) is 5.92 Å². The molecule has 2 fully saturated rings. The lowest BCUT2D eigenvalue weighted by molar-refractivity contribution is -0.137. The number of fused-ring (bicyclic) bond motifs is 1. The number of rotatable bonds is 5. The van der Waals surface area contributed by atoms with E-state index >= 15 is 0 Å². The van der Waals surface area contributed by atoms with E-state index in [2.05, 4.69) is 20.8 Å². The van der Waals surface area contributed by atoms with Gasteiger partial charge in [-0.3, -0.25) is 9.59 Å². The number of anilines is 2. The normalized spacial score (nSPS) is 20.5. The van der Waals surface area contributed by atoms with E-state index < -0.39 is 10.0 Å². The number of sulfonamides is 1. The van der Waals surface area contributed by atoms with E-state index in [4.69, 9.17) is 11.6 Å². The van der Waals surface area contributed by atoms with Gasteiger partial charge in [0.2, 0.25) is 21.8 Å². The molecule has 0 bridgehead atoms. The van der Waals surface area contributed by atoms with Gasteiger partial charge in [-0.05, 0) is 71.1 Å². The Kier molecular flexibility index (Phi) is 8.05. The highest BCUT2D eigenvalue weighted by molar-refractivity contribution is 9.10. The molecule has 2 amide bonds. The molecule has 0 aliphatic carbocycles. The fraction of sp³-hybridized carbons (Fsp3) is 0.481. The molecule has 8 nitrogen and oxygen atoms in total. The summed E-state index contributed by atoms with van der Waals surface area (Å²) in [6.07, 6.45) is 2.36. The Bertz CT molecular complexity index is 1350. The summed E-state index contributed by atoms with van der Waals surface area (Å²) in [6.45, 7) is 5.48. The summed E-state index contributed by atoms with van der Waals surface area (Å²) < 4.78 is 29.5. The third kappa shape index (κ3) is 5.33. The average molecular weight is 624 g/mol. The van der Waals surface area contributed by atoms with Crippen molar-refractivity contribution in [3.05, 3.63) is 51.5 Å². The molecule has 1 atom stereocenters. The highest BCUT2D eigenvalue weighted by atomic mass is 79.9. The molecule has 0 saturated carbocycles. The molecule has 0 aromatic heterocycles. The van der Waals surface area contributed by atoms with E-state index in [1.807, 2.05) is 35.2 Å². The summed E-state index contributed by atoms with van der Waals surface area (Å²) in [4.78, 5) is 31.8. The lowest BCUT2D eigenvalue weighted by Crippen LogP contribution is -2.53. The maximum atomic E-state index is 13.8. The van der Waals surface area contributed by atoms with Crippen molar-refractivity contribution in [3.63, 3.8) is 0 Å². The largest absolute Gasteiger partial charge is 0.368 e. The molecule has 0 N–H and O–H groups in total. The van der Waals surface area contributed by atoms with Crippen molar-refractivity contribution in [2.45, 2.75) is 37.5 Å². The summed E-state index contributed by atoms with van der Waals surface area (Å²) in [5, 5.41) is 0.684. The van der Waals surface area contributed by atoms with Crippen molar-refractivity contribution in [2.75, 3.05) is 55.6 Å². The third-order valence-corrected chi connectivity index (χ3v) is 10.8. The number of halogens is 2. The Labute approximate surface area is 237 Å². The number of piperidine rings is 1. The minimum absolute atomic E-state index is 0.0170. The van der Waals surface area contributed by atoms with Crippen LogP contribution in [0.25, 0.3) is 0 Å². The summed E-state index contributed by atoms with van der Waals surface area (Å²) in [5.74, 6) is -0.375. The van der Waals surface area contributed by atoms with Gasteiger partial charge in [-0.25, -0.2) is 8.42 Å². The van der Waals surface area contributed by atoms with Gasteiger partial charge in [0.15, 0.2) is 0 Å². The van der Waals surface area contributed by atoms with E-state index in [-0.39, 0.29) is 29.2 Å². The summed E-state index contributed by atoms with van der Waals surface area (Å²) in [5.41, 5.74) is 2.67. The van der Waals surface area contributed by atoms with E-state index in [1.165, 1.54) is 4.31 Å². The van der Waals surface area contributed by atoms with Gasteiger partial charge in [0.05, 0.1) is 10.8 Å². The van der Waals surface area contributed by atoms with Crippen LogP contribution < -0.4 is 9.80 Å². The Morgan fingerprint density at radius 2 is 1.82 bits per heavy atom. The Morgan fingerprint density at radius 3 is 2.53 bits per heavy atom. The number of hydrogen-bond acceptors (Lipinski definition) is 5. The molecule has 0 radical (unpaired) electrons. The number of nitrogens with zero attached hydrogens (tertiary/aromatic N) is 4. The monoisotopic (exact) mass is 622 g/mol. The van der Waals surface area contributed by atoms with Crippen molar-refractivity contribution in [3.8, 4) is 0 Å². The Hall–Kier alpha value is -2.14. The average Bonchev–Trinajstić information content (AvgIpc) is 3.34. The molecule has 3 aliphatic heterocycles. The van der Waals surface area contributed by atoms with Gasteiger partial charge in [-0.1, -0.05) is 24.6 Å². The van der Waals surface area contributed by atoms with Crippen molar-refractivity contribution in [1.29, 1.82) is 0 Å². The fourth-order valence-electron chi connectivity index (χ4n) is 5.65. The van der Waals surface area contributed by atoms with Crippen LogP contribution in [0.1, 0.15) is 31.7 Å². The second kappa shape index (κ2) is 11.2. The van der Waals surface area contributed by atoms with Crippen molar-refractivity contribution >= 4 is 60.7 Å². The predicted octanol–water partition coefficient (Wildman–Crippen LogP) is 4.15. The molecule has 0 spiro atoms. The first-order valence-electron chi connectivity index (χ1n) is 13.1. The van der Waals surface area contributed by atoms with Gasteiger partial charge in [-0.2, -0.15) is 4.31 Å². The molecular weight excluding hydrogens is 592 g/mol. The van der Waals surface area contributed by atoms with Gasteiger partial charge in [-0.15, -0.1) is 0 Å². The van der Waals surface area contributed by atoms with Crippen LogP contribution in [0.4, 0.5) is 11.4 Å². The number of piperazine rings is 1. The number of hydrogen-bond donors (Lipinski definition) is 0.